The Morgan fingerprint density at radius 1 is 1.53 bits per heavy atom. The van der Waals surface area contributed by atoms with Crippen molar-refractivity contribution >= 4 is 27.4 Å². The molecule has 17 heavy (non-hydrogen) atoms. The van der Waals surface area contributed by atoms with Gasteiger partial charge in [0, 0.05) is 17.9 Å². The third kappa shape index (κ3) is 2.33. The lowest BCUT2D eigenvalue weighted by molar-refractivity contribution is 0.683. The van der Waals surface area contributed by atoms with E-state index in [1.54, 1.807) is 6.07 Å². The normalized spacial score (nSPS) is 11.3. The number of rotatable bonds is 4. The molecule has 1 N–H and O–H groups in total. The Labute approximate surface area is 107 Å². The number of nitrogens with one attached hydrogen (secondary N) is 1. The predicted molar refractivity (Wildman–Crippen MR) is 69.9 cm³/mol. The number of hydrogen-bond acceptors (Lipinski definition) is 4. The van der Waals surface area contributed by atoms with Crippen molar-refractivity contribution in [3.63, 3.8) is 0 Å². The topological polar surface area (TPSA) is 66.3 Å². The van der Waals surface area contributed by atoms with E-state index in [4.69, 9.17) is 0 Å². The Kier molecular flexibility index (Phi) is 3.46. The fraction of sp³-hybridized carbons (Fsp3) is 0.500. The molecule has 0 fully saturated rings. The third-order valence-corrected chi connectivity index (χ3v) is 2.86. The Bertz CT molecular complexity index is 561. The van der Waals surface area contributed by atoms with Gasteiger partial charge in [0.15, 0.2) is 5.65 Å². The number of aromatic amines is 1. The quantitative estimate of drug-likeness (QED) is 0.856. The number of aromatic nitrogens is 4. The maximum Gasteiger partial charge on any atom is 0.364 e. The summed E-state index contributed by atoms with van der Waals surface area (Å²) in [5.41, 5.74) is 0.214. The molecule has 0 spiro atoms. The van der Waals surface area contributed by atoms with Crippen LogP contribution in [0.5, 0.6) is 0 Å². The lowest BCUT2D eigenvalue weighted by Crippen LogP contribution is -2.34. The molecule has 2 rings (SSSR count). The Morgan fingerprint density at radius 3 is 2.94 bits per heavy atom. The van der Waals surface area contributed by atoms with Crippen LogP contribution in [0, 0.1) is 0 Å². The SMILES string of the molecule is CC(C)N(CCBr)c1ccc2n[nH]c(=O)n2n1. The Morgan fingerprint density at radius 2 is 2.29 bits per heavy atom. The predicted octanol–water partition coefficient (Wildman–Crippen LogP) is 1.03. The second kappa shape index (κ2) is 4.87. The van der Waals surface area contributed by atoms with Gasteiger partial charge in [0.2, 0.25) is 0 Å². The minimum absolute atomic E-state index is 0.315. The minimum Gasteiger partial charge on any atom is -0.352 e. The zero-order valence-corrected chi connectivity index (χ0v) is 11.3. The second-order valence-electron chi connectivity index (χ2n) is 3.97. The molecule has 2 heterocycles. The molecule has 0 aliphatic rings. The lowest BCUT2D eigenvalue weighted by Gasteiger charge is -2.26. The highest BCUT2D eigenvalue weighted by Gasteiger charge is 2.12. The molecule has 0 saturated heterocycles. The van der Waals surface area contributed by atoms with Crippen LogP contribution < -0.4 is 10.6 Å². The van der Waals surface area contributed by atoms with Crippen molar-refractivity contribution in [2.45, 2.75) is 19.9 Å². The summed E-state index contributed by atoms with van der Waals surface area (Å²) < 4.78 is 1.28. The molecule has 0 unspecified atom stereocenters. The van der Waals surface area contributed by atoms with Gasteiger partial charge in [0.05, 0.1) is 0 Å². The van der Waals surface area contributed by atoms with E-state index in [1.807, 2.05) is 6.07 Å². The highest BCUT2D eigenvalue weighted by molar-refractivity contribution is 9.09. The molecule has 0 aromatic carbocycles. The first-order chi connectivity index (χ1) is 8.13. The van der Waals surface area contributed by atoms with Crippen LogP contribution in [-0.4, -0.2) is 37.7 Å². The smallest absolute Gasteiger partial charge is 0.352 e. The fourth-order valence-electron chi connectivity index (χ4n) is 1.67. The van der Waals surface area contributed by atoms with E-state index in [-0.39, 0.29) is 5.69 Å². The second-order valence-corrected chi connectivity index (χ2v) is 4.76. The molecule has 7 heteroatoms. The molecule has 92 valence electrons. The van der Waals surface area contributed by atoms with Crippen molar-refractivity contribution in [2.24, 2.45) is 0 Å². The first-order valence-corrected chi connectivity index (χ1v) is 6.52. The molecule has 0 radical (unpaired) electrons. The van der Waals surface area contributed by atoms with Crippen LogP contribution in [-0.2, 0) is 0 Å². The van der Waals surface area contributed by atoms with Crippen molar-refractivity contribution in [2.75, 3.05) is 16.8 Å². The maximum atomic E-state index is 11.4. The van der Waals surface area contributed by atoms with Crippen molar-refractivity contribution in [3.8, 4) is 0 Å². The van der Waals surface area contributed by atoms with E-state index < -0.39 is 0 Å². The number of alkyl halides is 1. The molecule has 2 aromatic rings. The highest BCUT2D eigenvalue weighted by atomic mass is 79.9. The molecule has 0 saturated carbocycles. The monoisotopic (exact) mass is 299 g/mol. The van der Waals surface area contributed by atoms with E-state index in [0.717, 1.165) is 17.7 Å². The number of fused-ring (bicyclic) bond motifs is 1. The maximum absolute atomic E-state index is 11.4. The van der Waals surface area contributed by atoms with Crippen LogP contribution >= 0.6 is 15.9 Å². The van der Waals surface area contributed by atoms with Crippen molar-refractivity contribution in [3.05, 3.63) is 22.6 Å². The molecule has 0 aliphatic carbocycles. The fourth-order valence-corrected chi connectivity index (χ4v) is 2.06. The third-order valence-electron chi connectivity index (χ3n) is 2.50. The van der Waals surface area contributed by atoms with Crippen LogP contribution in [0.2, 0.25) is 0 Å². The van der Waals surface area contributed by atoms with Crippen molar-refractivity contribution in [1.29, 1.82) is 0 Å². The van der Waals surface area contributed by atoms with Gasteiger partial charge in [-0.05, 0) is 26.0 Å². The molecule has 0 atom stereocenters. The summed E-state index contributed by atoms with van der Waals surface area (Å²) in [6, 6.07) is 3.97. The van der Waals surface area contributed by atoms with Gasteiger partial charge in [-0.15, -0.1) is 5.10 Å². The number of anilines is 1. The number of H-pyrrole nitrogens is 1. The van der Waals surface area contributed by atoms with Gasteiger partial charge in [-0.2, -0.15) is 9.61 Å². The number of halogens is 1. The number of nitrogens with zero attached hydrogens (tertiary/aromatic N) is 4. The summed E-state index contributed by atoms with van der Waals surface area (Å²) in [5, 5.41) is 11.4. The molecular formula is C10H14BrN5O. The first-order valence-electron chi connectivity index (χ1n) is 5.40. The van der Waals surface area contributed by atoms with E-state index in [1.165, 1.54) is 4.52 Å². The molecule has 2 aromatic heterocycles. The van der Waals surface area contributed by atoms with E-state index in [2.05, 4.69) is 50.0 Å². The molecule has 0 amide bonds. The lowest BCUT2D eigenvalue weighted by atomic mass is 10.3. The average molecular weight is 300 g/mol. The molecule has 6 nitrogen and oxygen atoms in total. The molecule has 0 aliphatic heterocycles. The minimum atomic E-state index is -0.315. The molecular weight excluding hydrogens is 286 g/mol. The van der Waals surface area contributed by atoms with Gasteiger partial charge in [-0.1, -0.05) is 15.9 Å². The zero-order chi connectivity index (χ0) is 12.4. The van der Waals surface area contributed by atoms with E-state index in [0.29, 0.717) is 11.7 Å². The largest absolute Gasteiger partial charge is 0.364 e. The van der Waals surface area contributed by atoms with Gasteiger partial charge >= 0.3 is 5.69 Å². The van der Waals surface area contributed by atoms with Crippen LogP contribution in [0.25, 0.3) is 5.65 Å². The van der Waals surface area contributed by atoms with Gasteiger partial charge < -0.3 is 4.90 Å². The van der Waals surface area contributed by atoms with E-state index in [9.17, 15) is 4.79 Å². The van der Waals surface area contributed by atoms with Gasteiger partial charge in [-0.25, -0.2) is 9.89 Å². The summed E-state index contributed by atoms with van der Waals surface area (Å²) in [4.78, 5) is 13.6. The standard InChI is InChI=1S/C10H14BrN5O/c1-7(2)15(6-5-11)9-4-3-8-12-13-10(17)16(8)14-9/h3-4,7H,5-6H2,1-2H3,(H,13,17). The summed E-state index contributed by atoms with van der Waals surface area (Å²) >= 11 is 3.42. The van der Waals surface area contributed by atoms with Gasteiger partial charge in [0.1, 0.15) is 5.82 Å². The van der Waals surface area contributed by atoms with Gasteiger partial charge in [-0.3, -0.25) is 0 Å². The van der Waals surface area contributed by atoms with Crippen LogP contribution in [0.1, 0.15) is 13.8 Å². The van der Waals surface area contributed by atoms with Crippen LogP contribution in [0.15, 0.2) is 16.9 Å². The molecule has 0 bridgehead atoms. The summed E-state index contributed by atoms with van der Waals surface area (Å²) in [7, 11) is 0. The Balaban J connectivity index is 2.46. The summed E-state index contributed by atoms with van der Waals surface area (Å²) in [6.45, 7) is 5.02. The van der Waals surface area contributed by atoms with E-state index >= 15 is 0 Å². The van der Waals surface area contributed by atoms with Crippen LogP contribution in [0.3, 0.4) is 0 Å². The van der Waals surface area contributed by atoms with Crippen molar-refractivity contribution < 1.29 is 0 Å². The zero-order valence-electron chi connectivity index (χ0n) is 9.72. The summed E-state index contributed by atoms with van der Waals surface area (Å²) in [5.74, 6) is 0.774. The van der Waals surface area contributed by atoms with Crippen molar-refractivity contribution in [1.82, 2.24) is 19.8 Å². The van der Waals surface area contributed by atoms with Crippen LogP contribution in [0.4, 0.5) is 5.82 Å². The number of hydrogen-bond donors (Lipinski definition) is 1. The first kappa shape index (κ1) is 12.1. The average Bonchev–Trinajstić information content (AvgIpc) is 2.67. The van der Waals surface area contributed by atoms with Gasteiger partial charge in [0.25, 0.3) is 0 Å². The summed E-state index contributed by atoms with van der Waals surface area (Å²) in [6.07, 6.45) is 0. The Hall–Kier alpha value is -1.37. The highest BCUT2D eigenvalue weighted by Crippen LogP contribution is 2.13.